The number of oxazole rings is 1. The molecule has 3 aromatic carbocycles. The van der Waals surface area contributed by atoms with Gasteiger partial charge in [0.25, 0.3) is 10.0 Å². The van der Waals surface area contributed by atoms with Crippen molar-refractivity contribution in [3.8, 4) is 17.2 Å². The molecule has 2 heterocycles. The molecule has 2 aromatic heterocycles. The minimum Gasteiger partial charge on any atom is -0.487 e. The summed E-state index contributed by atoms with van der Waals surface area (Å²) in [7, 11) is -3.99. The van der Waals surface area contributed by atoms with Crippen LogP contribution in [0.15, 0.2) is 88.3 Å². The number of rotatable bonds is 8. The average Bonchev–Trinajstić information content (AvgIpc) is 3.49. The number of benzene rings is 3. The first-order chi connectivity index (χ1) is 19.0. The lowest BCUT2D eigenvalue weighted by atomic mass is 10.1. The number of nitrogens with one attached hydrogen (secondary N) is 2. The summed E-state index contributed by atoms with van der Waals surface area (Å²) in [6, 6.07) is 17.3. The zero-order chi connectivity index (χ0) is 28.5. The van der Waals surface area contributed by atoms with E-state index in [2.05, 4.69) is 14.7 Å². The van der Waals surface area contributed by atoms with Crippen LogP contribution in [0.1, 0.15) is 22.6 Å². The minimum atomic E-state index is -4.44. The molecule has 0 saturated carbocycles. The second-order valence-electron chi connectivity index (χ2n) is 8.93. The summed E-state index contributed by atoms with van der Waals surface area (Å²) in [6.07, 6.45) is -3.00. The largest absolute Gasteiger partial charge is 0.487 e. The second-order valence-corrected chi connectivity index (χ2v) is 10.6. The Bertz CT molecular complexity index is 1780. The number of carbonyl (C=O) groups excluding carboxylic acids is 1. The van der Waals surface area contributed by atoms with Gasteiger partial charge in [-0.3, -0.25) is 4.79 Å². The van der Waals surface area contributed by atoms with E-state index in [1.54, 1.807) is 49.5 Å². The number of hydrogen-bond acceptors (Lipinski definition) is 6. The summed E-state index contributed by atoms with van der Waals surface area (Å²) in [5, 5.41) is 0.673. The Balaban J connectivity index is 1.27. The summed E-state index contributed by atoms with van der Waals surface area (Å²) in [4.78, 5) is 20.0. The summed E-state index contributed by atoms with van der Waals surface area (Å²) < 4.78 is 77.1. The Morgan fingerprint density at radius 1 is 1.05 bits per heavy atom. The number of H-pyrrole nitrogens is 1. The van der Waals surface area contributed by atoms with Gasteiger partial charge in [0.2, 0.25) is 11.8 Å². The number of carbonyl (C=O) groups is 1. The Kier molecular flexibility index (Phi) is 7.11. The Hall–Kier alpha value is -4.58. The Morgan fingerprint density at radius 2 is 1.77 bits per heavy atom. The van der Waals surface area contributed by atoms with Gasteiger partial charge in [-0.05, 0) is 67.1 Å². The van der Waals surface area contributed by atoms with Crippen LogP contribution in [0.5, 0.6) is 5.75 Å². The maximum atomic E-state index is 12.8. The van der Waals surface area contributed by atoms with Crippen molar-refractivity contribution < 1.29 is 35.5 Å². The first-order valence-electron chi connectivity index (χ1n) is 12.0. The molecule has 0 atom stereocenters. The van der Waals surface area contributed by atoms with Crippen LogP contribution in [0.2, 0.25) is 0 Å². The normalized spacial score (nSPS) is 12.0. The van der Waals surface area contributed by atoms with Gasteiger partial charge in [-0.25, -0.2) is 18.1 Å². The molecule has 0 saturated heterocycles. The van der Waals surface area contributed by atoms with Crippen molar-refractivity contribution in [3.63, 3.8) is 0 Å². The number of nitrogens with zero attached hydrogens (tertiary/aromatic N) is 1. The fraction of sp³-hybridized carbons (Fsp3) is 0.143. The summed E-state index contributed by atoms with van der Waals surface area (Å²) in [5.74, 6) is 0.397. The van der Waals surface area contributed by atoms with Crippen LogP contribution < -0.4 is 9.46 Å². The number of alkyl halides is 3. The first kappa shape index (κ1) is 27.0. The van der Waals surface area contributed by atoms with E-state index in [0.29, 0.717) is 33.7 Å². The second kappa shape index (κ2) is 10.5. The molecule has 0 aliphatic carbocycles. The number of amides is 1. The highest BCUT2D eigenvalue weighted by atomic mass is 32.2. The van der Waals surface area contributed by atoms with Crippen molar-refractivity contribution in [1.82, 2.24) is 14.7 Å². The zero-order valence-corrected chi connectivity index (χ0v) is 21.8. The van der Waals surface area contributed by atoms with Crippen LogP contribution in [-0.2, 0) is 34.0 Å². The van der Waals surface area contributed by atoms with Crippen molar-refractivity contribution in [2.45, 2.75) is 31.0 Å². The molecule has 0 fully saturated rings. The van der Waals surface area contributed by atoms with Crippen LogP contribution in [0, 0.1) is 6.92 Å². The molecule has 1 amide bonds. The van der Waals surface area contributed by atoms with Crippen LogP contribution in [-0.4, -0.2) is 24.3 Å². The number of sulfonamides is 1. The highest BCUT2D eigenvalue weighted by Gasteiger charge is 2.30. The third-order valence-corrected chi connectivity index (χ3v) is 7.51. The van der Waals surface area contributed by atoms with Gasteiger partial charge in [-0.2, -0.15) is 13.2 Å². The van der Waals surface area contributed by atoms with Crippen molar-refractivity contribution >= 4 is 26.8 Å². The topological polar surface area (TPSA) is 114 Å². The lowest BCUT2D eigenvalue weighted by molar-refractivity contribution is -0.137. The van der Waals surface area contributed by atoms with Crippen LogP contribution in [0.25, 0.3) is 22.4 Å². The molecular weight excluding hydrogens is 547 g/mol. The molecule has 0 aliphatic heterocycles. The molecule has 0 unspecified atom stereocenters. The number of aromatic amines is 1. The number of fused-ring (bicyclic) bond motifs is 1. The summed E-state index contributed by atoms with van der Waals surface area (Å²) in [6.45, 7) is 1.70. The number of halogens is 3. The molecule has 0 spiro atoms. The highest BCUT2D eigenvalue weighted by molar-refractivity contribution is 7.90. The molecule has 8 nitrogen and oxygen atoms in total. The van der Waals surface area contributed by atoms with Crippen molar-refractivity contribution in [3.05, 3.63) is 102 Å². The third-order valence-electron chi connectivity index (χ3n) is 6.12. The van der Waals surface area contributed by atoms with E-state index < -0.39 is 27.7 Å². The molecule has 5 rings (SSSR count). The molecule has 0 bridgehead atoms. The van der Waals surface area contributed by atoms with Crippen LogP contribution in [0.4, 0.5) is 13.2 Å². The maximum Gasteiger partial charge on any atom is 0.416 e. The predicted molar refractivity (Wildman–Crippen MR) is 140 cm³/mol. The van der Waals surface area contributed by atoms with Crippen LogP contribution in [0.3, 0.4) is 0 Å². The van der Waals surface area contributed by atoms with Gasteiger partial charge in [0.1, 0.15) is 23.8 Å². The van der Waals surface area contributed by atoms with Gasteiger partial charge < -0.3 is 14.1 Å². The number of hydrogen-bond donors (Lipinski definition) is 2. The van der Waals surface area contributed by atoms with Gasteiger partial charge >= 0.3 is 6.18 Å². The van der Waals surface area contributed by atoms with Gasteiger partial charge in [-0.1, -0.05) is 18.2 Å². The van der Waals surface area contributed by atoms with Crippen molar-refractivity contribution in [2.75, 3.05) is 0 Å². The van der Waals surface area contributed by atoms with Crippen molar-refractivity contribution in [1.29, 1.82) is 0 Å². The van der Waals surface area contributed by atoms with E-state index in [1.165, 1.54) is 24.3 Å². The molecule has 5 aromatic rings. The van der Waals surface area contributed by atoms with Gasteiger partial charge in [0.05, 0.1) is 16.9 Å². The van der Waals surface area contributed by atoms with Gasteiger partial charge in [-0.15, -0.1) is 0 Å². The van der Waals surface area contributed by atoms with Crippen LogP contribution >= 0.6 is 0 Å². The quantitative estimate of drug-likeness (QED) is 0.245. The molecule has 2 N–H and O–H groups in total. The Morgan fingerprint density at radius 3 is 2.48 bits per heavy atom. The molecule has 0 radical (unpaired) electrons. The van der Waals surface area contributed by atoms with E-state index in [4.69, 9.17) is 9.15 Å². The fourth-order valence-corrected chi connectivity index (χ4v) is 5.06. The standard InChI is InChI=1S/C28H22F3N3O5S/c1-17-25(33-27(39-17)18-7-9-20(10-8-18)28(29,30)31)16-38-21-11-12-24-23(14-21)19(15-32-24)13-26(35)34-40(36,37)22-5-3-2-4-6-22/h2-12,14-15,32H,13,16H2,1H3,(H,34,35). The first-order valence-corrected chi connectivity index (χ1v) is 13.5. The Labute approximate surface area is 226 Å². The zero-order valence-electron chi connectivity index (χ0n) is 21.0. The van der Waals surface area contributed by atoms with Gasteiger partial charge in [0, 0.05) is 22.7 Å². The highest BCUT2D eigenvalue weighted by Crippen LogP contribution is 2.31. The van der Waals surface area contributed by atoms with E-state index in [0.717, 1.165) is 17.6 Å². The third kappa shape index (κ3) is 5.86. The number of aryl methyl sites for hydroxylation is 1. The number of aromatic nitrogens is 2. The fourth-order valence-electron chi connectivity index (χ4n) is 4.05. The van der Waals surface area contributed by atoms with E-state index in [1.807, 2.05) is 0 Å². The van der Waals surface area contributed by atoms with E-state index >= 15 is 0 Å². The number of ether oxygens (including phenoxy) is 1. The average molecular weight is 570 g/mol. The predicted octanol–water partition coefficient (Wildman–Crippen LogP) is 5.78. The molecule has 40 heavy (non-hydrogen) atoms. The summed E-state index contributed by atoms with van der Waals surface area (Å²) >= 11 is 0. The summed E-state index contributed by atoms with van der Waals surface area (Å²) in [5.41, 5.74) is 1.40. The molecule has 0 aliphatic rings. The molecule has 206 valence electrons. The molecule has 12 heteroatoms. The molecular formula is C28H22F3N3O5S. The van der Waals surface area contributed by atoms with Gasteiger partial charge in [0.15, 0.2) is 0 Å². The maximum absolute atomic E-state index is 12.8. The smallest absolute Gasteiger partial charge is 0.416 e. The monoisotopic (exact) mass is 569 g/mol. The minimum absolute atomic E-state index is 0.0115. The lowest BCUT2D eigenvalue weighted by Gasteiger charge is -2.07. The van der Waals surface area contributed by atoms with Crippen molar-refractivity contribution in [2.24, 2.45) is 0 Å². The van der Waals surface area contributed by atoms with E-state index in [-0.39, 0.29) is 23.8 Å². The SMILES string of the molecule is Cc1oc(-c2ccc(C(F)(F)F)cc2)nc1COc1ccc2[nH]cc(CC(=O)NS(=O)(=O)c3ccccc3)c2c1. The van der Waals surface area contributed by atoms with E-state index in [9.17, 15) is 26.4 Å². The lowest BCUT2D eigenvalue weighted by Crippen LogP contribution is -2.31.